The summed E-state index contributed by atoms with van der Waals surface area (Å²) in [6.07, 6.45) is 9.37. The Balaban J connectivity index is 2.35. The van der Waals surface area contributed by atoms with Crippen LogP contribution in [-0.2, 0) is 6.42 Å². The van der Waals surface area contributed by atoms with E-state index in [2.05, 4.69) is 50.4 Å². The second-order valence-corrected chi connectivity index (χ2v) is 5.65. The maximum atomic E-state index is 3.64. The van der Waals surface area contributed by atoms with Crippen molar-refractivity contribution in [3.05, 3.63) is 35.4 Å². The molecule has 0 aliphatic rings. The Hall–Kier alpha value is -0.820. The van der Waals surface area contributed by atoms with Gasteiger partial charge in [-0.1, -0.05) is 75.8 Å². The van der Waals surface area contributed by atoms with E-state index in [1.807, 2.05) is 0 Å². The van der Waals surface area contributed by atoms with E-state index in [9.17, 15) is 0 Å². The lowest BCUT2D eigenvalue weighted by Crippen LogP contribution is -2.30. The fourth-order valence-corrected chi connectivity index (χ4v) is 2.68. The molecule has 0 spiro atoms. The molecule has 0 heterocycles. The average Bonchev–Trinajstić information content (AvgIpc) is 2.38. The molecule has 1 rings (SSSR count). The van der Waals surface area contributed by atoms with Gasteiger partial charge in [0.1, 0.15) is 0 Å². The molecule has 0 saturated carbocycles. The molecule has 0 aliphatic heterocycles. The molecule has 1 atom stereocenters. The molecule has 0 bridgehead atoms. The SMILES string of the molecule is CCCCCCCC(Cc1cccc(C)c1)NCC. The van der Waals surface area contributed by atoms with Crippen molar-refractivity contribution in [3.63, 3.8) is 0 Å². The minimum atomic E-state index is 0.647. The average molecular weight is 261 g/mol. The van der Waals surface area contributed by atoms with Crippen LogP contribution >= 0.6 is 0 Å². The Morgan fingerprint density at radius 2 is 1.84 bits per heavy atom. The predicted molar refractivity (Wildman–Crippen MR) is 85.7 cm³/mol. The molecule has 1 aromatic rings. The van der Waals surface area contributed by atoms with Gasteiger partial charge in [0, 0.05) is 6.04 Å². The number of hydrogen-bond donors (Lipinski definition) is 1. The molecule has 1 aromatic carbocycles. The van der Waals surface area contributed by atoms with E-state index in [0.717, 1.165) is 6.54 Å². The number of aryl methyl sites for hydroxylation is 1. The van der Waals surface area contributed by atoms with E-state index in [1.54, 1.807) is 0 Å². The minimum Gasteiger partial charge on any atom is -0.314 e. The lowest BCUT2D eigenvalue weighted by Gasteiger charge is -2.18. The first-order valence-electron chi connectivity index (χ1n) is 8.05. The van der Waals surface area contributed by atoms with Crippen molar-refractivity contribution >= 4 is 0 Å². The molecule has 1 heteroatoms. The van der Waals surface area contributed by atoms with E-state index >= 15 is 0 Å². The Kier molecular flexibility index (Phi) is 8.57. The third-order valence-corrected chi connectivity index (χ3v) is 3.71. The molecule has 0 aliphatic carbocycles. The molecule has 1 nitrogen and oxygen atoms in total. The standard InChI is InChI=1S/C18H31N/c1-4-6-7-8-9-13-18(19-5-2)15-17-12-10-11-16(3)14-17/h10-12,14,18-19H,4-9,13,15H2,1-3H3. The Morgan fingerprint density at radius 3 is 2.53 bits per heavy atom. The zero-order valence-electron chi connectivity index (χ0n) is 13.0. The van der Waals surface area contributed by atoms with Crippen molar-refractivity contribution < 1.29 is 0 Å². The van der Waals surface area contributed by atoms with Crippen LogP contribution in [0.5, 0.6) is 0 Å². The van der Waals surface area contributed by atoms with Crippen molar-refractivity contribution in [1.82, 2.24) is 5.32 Å². The van der Waals surface area contributed by atoms with Crippen LogP contribution in [0.25, 0.3) is 0 Å². The molecule has 0 aromatic heterocycles. The highest BCUT2D eigenvalue weighted by Crippen LogP contribution is 2.12. The summed E-state index contributed by atoms with van der Waals surface area (Å²) in [5, 5.41) is 3.64. The van der Waals surface area contributed by atoms with Crippen molar-refractivity contribution in [2.24, 2.45) is 0 Å². The second kappa shape index (κ2) is 10.0. The monoisotopic (exact) mass is 261 g/mol. The third kappa shape index (κ3) is 7.37. The van der Waals surface area contributed by atoms with Crippen LogP contribution in [0.2, 0.25) is 0 Å². The first-order valence-corrected chi connectivity index (χ1v) is 8.05. The molecule has 19 heavy (non-hydrogen) atoms. The molecule has 0 radical (unpaired) electrons. The molecule has 108 valence electrons. The highest BCUT2D eigenvalue weighted by molar-refractivity contribution is 5.22. The first kappa shape index (κ1) is 16.2. The van der Waals surface area contributed by atoms with Crippen molar-refractivity contribution in [2.45, 2.75) is 71.8 Å². The van der Waals surface area contributed by atoms with Gasteiger partial charge >= 0.3 is 0 Å². The summed E-state index contributed by atoms with van der Waals surface area (Å²) >= 11 is 0. The van der Waals surface area contributed by atoms with E-state index < -0.39 is 0 Å². The van der Waals surface area contributed by atoms with Gasteiger partial charge in [-0.25, -0.2) is 0 Å². The van der Waals surface area contributed by atoms with Crippen LogP contribution in [0, 0.1) is 6.92 Å². The second-order valence-electron chi connectivity index (χ2n) is 5.65. The van der Waals surface area contributed by atoms with E-state index in [1.165, 1.54) is 56.1 Å². The lowest BCUT2D eigenvalue weighted by atomic mass is 9.99. The highest BCUT2D eigenvalue weighted by Gasteiger charge is 2.08. The van der Waals surface area contributed by atoms with Crippen LogP contribution in [0.15, 0.2) is 24.3 Å². The summed E-state index contributed by atoms with van der Waals surface area (Å²) in [4.78, 5) is 0. The van der Waals surface area contributed by atoms with Crippen LogP contribution in [0.4, 0.5) is 0 Å². The van der Waals surface area contributed by atoms with Crippen molar-refractivity contribution in [2.75, 3.05) is 6.54 Å². The fraction of sp³-hybridized carbons (Fsp3) is 0.667. The summed E-state index contributed by atoms with van der Waals surface area (Å²) < 4.78 is 0. The predicted octanol–water partition coefficient (Wildman–Crippen LogP) is 4.88. The number of unbranched alkanes of at least 4 members (excludes halogenated alkanes) is 4. The van der Waals surface area contributed by atoms with Crippen molar-refractivity contribution in [3.8, 4) is 0 Å². The van der Waals surface area contributed by atoms with E-state index in [4.69, 9.17) is 0 Å². The smallest absolute Gasteiger partial charge is 0.0107 e. The number of hydrogen-bond acceptors (Lipinski definition) is 1. The molecule has 1 unspecified atom stereocenters. The summed E-state index contributed by atoms with van der Waals surface area (Å²) in [5.74, 6) is 0. The normalized spacial score (nSPS) is 12.6. The number of benzene rings is 1. The van der Waals surface area contributed by atoms with Gasteiger partial charge in [-0.15, -0.1) is 0 Å². The van der Waals surface area contributed by atoms with Gasteiger partial charge in [0.05, 0.1) is 0 Å². The summed E-state index contributed by atoms with van der Waals surface area (Å²) in [7, 11) is 0. The first-order chi connectivity index (χ1) is 9.26. The van der Waals surface area contributed by atoms with Crippen molar-refractivity contribution in [1.29, 1.82) is 0 Å². The molecular formula is C18H31N. The Labute approximate surface area is 119 Å². The Morgan fingerprint density at radius 1 is 1.05 bits per heavy atom. The largest absolute Gasteiger partial charge is 0.314 e. The maximum absolute atomic E-state index is 3.64. The fourth-order valence-electron chi connectivity index (χ4n) is 2.68. The van der Waals surface area contributed by atoms with Crippen LogP contribution < -0.4 is 5.32 Å². The molecule has 0 saturated heterocycles. The number of likely N-dealkylation sites (N-methyl/N-ethyl adjacent to an activating group) is 1. The van der Waals surface area contributed by atoms with Gasteiger partial charge in [0.15, 0.2) is 0 Å². The summed E-state index contributed by atoms with van der Waals surface area (Å²) in [6, 6.07) is 9.58. The van der Waals surface area contributed by atoms with Gasteiger partial charge in [-0.05, 0) is 31.9 Å². The van der Waals surface area contributed by atoms with Crippen LogP contribution in [0.1, 0.15) is 63.5 Å². The maximum Gasteiger partial charge on any atom is 0.0107 e. The lowest BCUT2D eigenvalue weighted by molar-refractivity contribution is 0.461. The van der Waals surface area contributed by atoms with E-state index in [-0.39, 0.29) is 0 Å². The molecular weight excluding hydrogens is 230 g/mol. The van der Waals surface area contributed by atoms with Gasteiger partial charge in [0.2, 0.25) is 0 Å². The van der Waals surface area contributed by atoms with Crippen LogP contribution in [-0.4, -0.2) is 12.6 Å². The molecule has 1 N–H and O–H groups in total. The Bertz CT molecular complexity index is 332. The number of rotatable bonds is 10. The zero-order chi connectivity index (χ0) is 13.9. The minimum absolute atomic E-state index is 0.647. The van der Waals surface area contributed by atoms with E-state index in [0.29, 0.717) is 6.04 Å². The summed E-state index contributed by atoms with van der Waals surface area (Å²) in [5.41, 5.74) is 2.84. The van der Waals surface area contributed by atoms with Gasteiger partial charge in [-0.2, -0.15) is 0 Å². The van der Waals surface area contributed by atoms with Gasteiger partial charge in [-0.3, -0.25) is 0 Å². The molecule has 0 fully saturated rings. The highest BCUT2D eigenvalue weighted by atomic mass is 14.9. The van der Waals surface area contributed by atoms with Crippen LogP contribution in [0.3, 0.4) is 0 Å². The van der Waals surface area contributed by atoms with Gasteiger partial charge in [0.25, 0.3) is 0 Å². The number of nitrogens with one attached hydrogen (secondary N) is 1. The summed E-state index contributed by atoms with van der Waals surface area (Å²) in [6.45, 7) is 7.74. The quantitative estimate of drug-likeness (QED) is 0.592. The molecule has 0 amide bonds. The van der Waals surface area contributed by atoms with Gasteiger partial charge < -0.3 is 5.32 Å². The zero-order valence-corrected chi connectivity index (χ0v) is 13.0. The topological polar surface area (TPSA) is 12.0 Å². The third-order valence-electron chi connectivity index (χ3n) is 3.71.